The molecule has 0 saturated carbocycles. The van der Waals surface area contributed by atoms with Gasteiger partial charge in [0.1, 0.15) is 6.10 Å². The van der Waals surface area contributed by atoms with E-state index >= 15 is 0 Å². The predicted molar refractivity (Wildman–Crippen MR) is 75.5 cm³/mol. The number of benzene rings is 1. The van der Waals surface area contributed by atoms with Gasteiger partial charge in [-0.1, -0.05) is 37.3 Å². The molecule has 1 aromatic rings. The van der Waals surface area contributed by atoms with Crippen LogP contribution in [-0.2, 0) is 9.53 Å². The summed E-state index contributed by atoms with van der Waals surface area (Å²) in [4.78, 5) is 14.0. The van der Waals surface area contributed by atoms with Crippen molar-refractivity contribution < 1.29 is 9.53 Å². The minimum atomic E-state index is -0.0969. The molecule has 0 spiro atoms. The zero-order chi connectivity index (χ0) is 14.0. The van der Waals surface area contributed by atoms with Crippen molar-refractivity contribution in [1.82, 2.24) is 4.90 Å². The van der Waals surface area contributed by atoms with Gasteiger partial charge in [0.05, 0.1) is 6.04 Å². The van der Waals surface area contributed by atoms with Crippen LogP contribution in [0.3, 0.4) is 0 Å². The highest BCUT2D eigenvalue weighted by atomic mass is 16.5. The lowest BCUT2D eigenvalue weighted by atomic mass is 9.99. The number of morpholine rings is 1. The molecular weight excluding hydrogens is 238 g/mol. The van der Waals surface area contributed by atoms with Crippen molar-refractivity contribution in [3.05, 3.63) is 47.2 Å². The minimum absolute atomic E-state index is 0.0148. The van der Waals surface area contributed by atoms with E-state index < -0.39 is 0 Å². The van der Waals surface area contributed by atoms with Gasteiger partial charge in [0.2, 0.25) is 0 Å². The van der Waals surface area contributed by atoms with Crippen LogP contribution in [0.5, 0.6) is 0 Å². The number of carbonyl (C=O) groups is 1. The quantitative estimate of drug-likeness (QED) is 0.763. The Morgan fingerprint density at radius 3 is 2.53 bits per heavy atom. The molecule has 0 unspecified atom stereocenters. The maximum atomic E-state index is 12.3. The minimum Gasteiger partial charge on any atom is -0.478 e. The molecule has 1 saturated heterocycles. The highest BCUT2D eigenvalue weighted by molar-refractivity contribution is 5.93. The Labute approximate surface area is 114 Å². The number of likely N-dealkylation sites (N-methyl/N-ethyl adjacent to an activating group) is 1. The molecule has 1 aliphatic heterocycles. The summed E-state index contributed by atoms with van der Waals surface area (Å²) in [6.45, 7) is 6.02. The average molecular weight is 259 g/mol. The van der Waals surface area contributed by atoms with Crippen molar-refractivity contribution >= 4 is 5.91 Å². The maximum absolute atomic E-state index is 12.3. The van der Waals surface area contributed by atoms with Crippen LogP contribution in [0, 0.1) is 0 Å². The lowest BCUT2D eigenvalue weighted by Gasteiger charge is -2.39. The fourth-order valence-corrected chi connectivity index (χ4v) is 2.26. The molecule has 0 radical (unpaired) electrons. The van der Waals surface area contributed by atoms with Crippen LogP contribution >= 0.6 is 0 Å². The number of ether oxygens (including phenoxy) is 1. The molecule has 0 N–H and O–H groups in total. The van der Waals surface area contributed by atoms with E-state index in [1.165, 1.54) is 0 Å². The molecule has 1 fully saturated rings. The SMILES string of the molecule is CC/C(C)=C1/O[C@H](c2ccccc2)[C@H](C)N(C)C1=O. The molecule has 1 aliphatic rings. The highest BCUT2D eigenvalue weighted by Gasteiger charge is 2.36. The van der Waals surface area contributed by atoms with E-state index in [1.54, 1.807) is 4.90 Å². The molecule has 2 atom stereocenters. The van der Waals surface area contributed by atoms with Gasteiger partial charge in [0, 0.05) is 7.05 Å². The summed E-state index contributed by atoms with van der Waals surface area (Å²) >= 11 is 0. The third-order valence-corrected chi connectivity index (χ3v) is 3.85. The van der Waals surface area contributed by atoms with Crippen LogP contribution in [-0.4, -0.2) is 23.9 Å². The first-order valence-corrected chi connectivity index (χ1v) is 6.74. The van der Waals surface area contributed by atoms with Gasteiger partial charge in [0.15, 0.2) is 5.76 Å². The molecule has 1 heterocycles. The third-order valence-electron chi connectivity index (χ3n) is 3.85. The van der Waals surface area contributed by atoms with Gasteiger partial charge in [-0.3, -0.25) is 4.79 Å². The van der Waals surface area contributed by atoms with Crippen LogP contribution in [0.4, 0.5) is 0 Å². The standard InChI is InChI=1S/C16H21NO2/c1-5-11(2)14-16(18)17(4)12(3)15(19-14)13-9-7-6-8-10-13/h6-10,12,15H,5H2,1-4H3/b14-11+/t12-,15-/m0/s1. The molecule has 3 nitrogen and oxygen atoms in total. The lowest BCUT2D eigenvalue weighted by Crippen LogP contribution is -2.46. The van der Waals surface area contributed by atoms with Gasteiger partial charge < -0.3 is 9.64 Å². The number of hydrogen-bond donors (Lipinski definition) is 0. The van der Waals surface area contributed by atoms with E-state index in [2.05, 4.69) is 0 Å². The zero-order valence-corrected chi connectivity index (χ0v) is 12.0. The van der Waals surface area contributed by atoms with E-state index in [1.807, 2.05) is 58.2 Å². The number of carbonyl (C=O) groups excluding carboxylic acids is 1. The topological polar surface area (TPSA) is 29.5 Å². The summed E-state index contributed by atoms with van der Waals surface area (Å²) in [5.41, 5.74) is 2.11. The largest absolute Gasteiger partial charge is 0.478 e. The van der Waals surface area contributed by atoms with Crippen molar-refractivity contribution in [3.8, 4) is 0 Å². The van der Waals surface area contributed by atoms with Crippen molar-refractivity contribution in [2.24, 2.45) is 0 Å². The van der Waals surface area contributed by atoms with Crippen molar-refractivity contribution in [3.63, 3.8) is 0 Å². The van der Waals surface area contributed by atoms with E-state index in [4.69, 9.17) is 4.74 Å². The molecule has 102 valence electrons. The number of allylic oxidation sites excluding steroid dienone is 1. The van der Waals surface area contributed by atoms with E-state index in [0.29, 0.717) is 5.76 Å². The average Bonchev–Trinajstić information content (AvgIpc) is 2.45. The molecule has 0 aliphatic carbocycles. The van der Waals surface area contributed by atoms with Crippen LogP contribution < -0.4 is 0 Å². The van der Waals surface area contributed by atoms with E-state index in [0.717, 1.165) is 17.6 Å². The second-order valence-electron chi connectivity index (χ2n) is 5.07. The second kappa shape index (κ2) is 5.47. The lowest BCUT2D eigenvalue weighted by molar-refractivity contribution is -0.143. The van der Waals surface area contributed by atoms with Crippen molar-refractivity contribution in [2.45, 2.75) is 39.3 Å². The highest BCUT2D eigenvalue weighted by Crippen LogP contribution is 2.33. The van der Waals surface area contributed by atoms with Gasteiger partial charge in [-0.05, 0) is 31.4 Å². The van der Waals surface area contributed by atoms with Gasteiger partial charge in [-0.2, -0.15) is 0 Å². The Hall–Kier alpha value is -1.77. The summed E-state index contributed by atoms with van der Waals surface area (Å²) in [5.74, 6) is 0.496. The van der Waals surface area contributed by atoms with Crippen LogP contribution in [0.15, 0.2) is 41.7 Å². The molecule has 1 amide bonds. The molecule has 0 aromatic heterocycles. The summed E-state index contributed by atoms with van der Waals surface area (Å²) < 4.78 is 6.01. The zero-order valence-electron chi connectivity index (χ0n) is 12.0. The third kappa shape index (κ3) is 2.50. The molecule has 0 bridgehead atoms. The van der Waals surface area contributed by atoms with E-state index in [-0.39, 0.29) is 18.1 Å². The number of hydrogen-bond acceptors (Lipinski definition) is 2. The van der Waals surface area contributed by atoms with Crippen LogP contribution in [0.25, 0.3) is 0 Å². The van der Waals surface area contributed by atoms with Gasteiger partial charge in [-0.15, -0.1) is 0 Å². The summed E-state index contributed by atoms with van der Waals surface area (Å²) in [6.07, 6.45) is 0.727. The summed E-state index contributed by atoms with van der Waals surface area (Å²) in [5, 5.41) is 0. The first-order valence-electron chi connectivity index (χ1n) is 6.74. The molecule has 1 aromatic carbocycles. The molecule has 19 heavy (non-hydrogen) atoms. The summed E-state index contributed by atoms with van der Waals surface area (Å²) in [6, 6.07) is 10.1. The fourth-order valence-electron chi connectivity index (χ4n) is 2.26. The Kier molecular flexibility index (Phi) is 3.93. The van der Waals surface area contributed by atoms with Crippen LogP contribution in [0.2, 0.25) is 0 Å². The normalized spacial score (nSPS) is 26.1. The smallest absolute Gasteiger partial charge is 0.289 e. The van der Waals surface area contributed by atoms with E-state index in [9.17, 15) is 4.79 Å². The number of nitrogens with zero attached hydrogens (tertiary/aromatic N) is 1. The van der Waals surface area contributed by atoms with Gasteiger partial charge in [-0.25, -0.2) is 0 Å². The number of rotatable bonds is 2. The Morgan fingerprint density at radius 2 is 1.95 bits per heavy atom. The van der Waals surface area contributed by atoms with Crippen molar-refractivity contribution in [1.29, 1.82) is 0 Å². The van der Waals surface area contributed by atoms with Gasteiger partial charge >= 0.3 is 0 Å². The first-order chi connectivity index (χ1) is 9.06. The monoisotopic (exact) mass is 259 g/mol. The van der Waals surface area contributed by atoms with Crippen molar-refractivity contribution in [2.75, 3.05) is 7.05 Å². The Morgan fingerprint density at radius 1 is 1.32 bits per heavy atom. The Balaban J connectivity index is 2.38. The fraction of sp³-hybridized carbons (Fsp3) is 0.438. The van der Waals surface area contributed by atoms with Gasteiger partial charge in [0.25, 0.3) is 5.91 Å². The van der Waals surface area contributed by atoms with Crippen LogP contribution in [0.1, 0.15) is 38.9 Å². The Bertz CT molecular complexity index is 493. The molecular formula is C16H21NO2. The number of amides is 1. The first kappa shape index (κ1) is 13.7. The second-order valence-corrected chi connectivity index (χ2v) is 5.07. The predicted octanol–water partition coefficient (Wildman–Crippen LogP) is 3.29. The molecule has 3 heteroatoms. The maximum Gasteiger partial charge on any atom is 0.289 e. The molecule has 2 rings (SSSR count). The summed E-state index contributed by atoms with van der Waals surface area (Å²) in [7, 11) is 1.84.